The van der Waals surface area contributed by atoms with Crippen LogP contribution in [0.5, 0.6) is 0 Å². The summed E-state index contributed by atoms with van der Waals surface area (Å²) in [5.41, 5.74) is 0.826. The van der Waals surface area contributed by atoms with Crippen molar-refractivity contribution in [3.05, 3.63) is 18.0 Å². The molecule has 0 bridgehead atoms. The summed E-state index contributed by atoms with van der Waals surface area (Å²) >= 11 is 0. The van der Waals surface area contributed by atoms with Gasteiger partial charge in [-0.3, -0.25) is 0 Å². The molecule has 0 radical (unpaired) electrons. The van der Waals surface area contributed by atoms with Gasteiger partial charge in [0.15, 0.2) is 0 Å². The fourth-order valence-electron chi connectivity index (χ4n) is 1.18. The van der Waals surface area contributed by atoms with Crippen LogP contribution in [0.3, 0.4) is 0 Å². The Bertz CT molecular complexity index is 323. The van der Waals surface area contributed by atoms with Gasteiger partial charge in [-0.25, -0.2) is 9.97 Å². The van der Waals surface area contributed by atoms with Crippen LogP contribution in [0.15, 0.2) is 12.4 Å². The van der Waals surface area contributed by atoms with E-state index in [1.807, 2.05) is 0 Å². The standard InChI is InChI=1S/C9H13F3N4/c1-13-3-7-4-14-8(15-5-7)16(2)6-9(10,11)12/h4-5,13H,3,6H2,1-2H3. The van der Waals surface area contributed by atoms with Gasteiger partial charge in [0.1, 0.15) is 6.54 Å². The largest absolute Gasteiger partial charge is 0.406 e. The molecule has 0 saturated heterocycles. The zero-order valence-corrected chi connectivity index (χ0v) is 9.04. The highest BCUT2D eigenvalue weighted by atomic mass is 19.4. The van der Waals surface area contributed by atoms with E-state index < -0.39 is 12.7 Å². The van der Waals surface area contributed by atoms with E-state index in [4.69, 9.17) is 0 Å². The molecule has 0 amide bonds. The molecular weight excluding hydrogens is 221 g/mol. The average Bonchev–Trinajstić information content (AvgIpc) is 2.16. The van der Waals surface area contributed by atoms with Crippen LogP contribution in [-0.4, -0.2) is 36.8 Å². The molecule has 7 heteroatoms. The molecule has 0 aromatic carbocycles. The van der Waals surface area contributed by atoms with Crippen LogP contribution >= 0.6 is 0 Å². The maximum absolute atomic E-state index is 12.1. The Labute approximate surface area is 91.5 Å². The number of anilines is 1. The van der Waals surface area contributed by atoms with Gasteiger partial charge in [0.25, 0.3) is 0 Å². The van der Waals surface area contributed by atoms with Crippen molar-refractivity contribution < 1.29 is 13.2 Å². The minimum absolute atomic E-state index is 0.0668. The summed E-state index contributed by atoms with van der Waals surface area (Å²) in [5, 5.41) is 2.90. The SMILES string of the molecule is CNCc1cnc(N(C)CC(F)(F)F)nc1. The lowest BCUT2D eigenvalue weighted by molar-refractivity contribution is -0.119. The number of nitrogens with zero attached hydrogens (tertiary/aromatic N) is 3. The third kappa shape index (κ3) is 4.01. The van der Waals surface area contributed by atoms with E-state index in [1.165, 1.54) is 19.4 Å². The molecule has 0 fully saturated rings. The van der Waals surface area contributed by atoms with E-state index in [0.29, 0.717) is 6.54 Å². The average molecular weight is 234 g/mol. The highest BCUT2D eigenvalue weighted by molar-refractivity contribution is 5.28. The number of halogens is 3. The lowest BCUT2D eigenvalue weighted by Crippen LogP contribution is -2.32. The van der Waals surface area contributed by atoms with Crippen molar-refractivity contribution in [2.24, 2.45) is 0 Å². The van der Waals surface area contributed by atoms with Gasteiger partial charge in [0, 0.05) is 31.5 Å². The van der Waals surface area contributed by atoms with E-state index >= 15 is 0 Å². The third-order valence-corrected chi connectivity index (χ3v) is 1.83. The Balaban J connectivity index is 2.66. The van der Waals surface area contributed by atoms with Crippen LogP contribution in [0.2, 0.25) is 0 Å². The molecule has 0 spiro atoms. The summed E-state index contributed by atoms with van der Waals surface area (Å²) in [5.74, 6) is 0.0668. The van der Waals surface area contributed by atoms with Gasteiger partial charge in [-0.2, -0.15) is 13.2 Å². The maximum Gasteiger partial charge on any atom is 0.406 e. The van der Waals surface area contributed by atoms with Crippen LogP contribution < -0.4 is 10.2 Å². The first-order valence-corrected chi connectivity index (χ1v) is 4.66. The van der Waals surface area contributed by atoms with Gasteiger partial charge in [0.2, 0.25) is 5.95 Å². The number of hydrogen-bond acceptors (Lipinski definition) is 4. The predicted octanol–water partition coefficient (Wildman–Crippen LogP) is 1.19. The first-order chi connectivity index (χ1) is 7.42. The minimum atomic E-state index is -4.25. The van der Waals surface area contributed by atoms with E-state index in [1.54, 1.807) is 7.05 Å². The molecule has 1 aromatic rings. The number of nitrogens with one attached hydrogen (secondary N) is 1. The second kappa shape index (κ2) is 5.11. The fraction of sp³-hybridized carbons (Fsp3) is 0.556. The first kappa shape index (κ1) is 12.7. The second-order valence-corrected chi connectivity index (χ2v) is 3.39. The van der Waals surface area contributed by atoms with Crippen LogP contribution in [0.4, 0.5) is 19.1 Å². The van der Waals surface area contributed by atoms with Gasteiger partial charge < -0.3 is 10.2 Å². The molecule has 0 unspecified atom stereocenters. The van der Waals surface area contributed by atoms with E-state index in [-0.39, 0.29) is 5.95 Å². The number of hydrogen-bond donors (Lipinski definition) is 1. The molecule has 1 rings (SSSR count). The summed E-state index contributed by atoms with van der Waals surface area (Å²) in [7, 11) is 3.07. The van der Waals surface area contributed by atoms with Crippen molar-refractivity contribution in [3.63, 3.8) is 0 Å². The van der Waals surface area contributed by atoms with Crippen molar-refractivity contribution in [2.45, 2.75) is 12.7 Å². The topological polar surface area (TPSA) is 41.1 Å². The highest BCUT2D eigenvalue weighted by Gasteiger charge is 2.30. The fourth-order valence-corrected chi connectivity index (χ4v) is 1.18. The lowest BCUT2D eigenvalue weighted by atomic mass is 10.3. The Morgan fingerprint density at radius 3 is 2.31 bits per heavy atom. The molecule has 16 heavy (non-hydrogen) atoms. The summed E-state index contributed by atoms with van der Waals surface area (Å²) in [6, 6.07) is 0. The normalized spacial score (nSPS) is 11.6. The Kier molecular flexibility index (Phi) is 4.05. The molecule has 0 aliphatic heterocycles. The zero-order valence-electron chi connectivity index (χ0n) is 9.04. The molecule has 1 N–H and O–H groups in total. The van der Waals surface area contributed by atoms with Crippen molar-refractivity contribution in [3.8, 4) is 0 Å². The van der Waals surface area contributed by atoms with Crippen molar-refractivity contribution in [1.82, 2.24) is 15.3 Å². The first-order valence-electron chi connectivity index (χ1n) is 4.66. The highest BCUT2D eigenvalue weighted by Crippen LogP contribution is 2.17. The van der Waals surface area contributed by atoms with Gasteiger partial charge in [-0.05, 0) is 7.05 Å². The number of aromatic nitrogens is 2. The molecule has 90 valence electrons. The number of alkyl halides is 3. The zero-order chi connectivity index (χ0) is 12.2. The molecule has 0 saturated carbocycles. The monoisotopic (exact) mass is 234 g/mol. The van der Waals surface area contributed by atoms with Crippen molar-refractivity contribution >= 4 is 5.95 Å². The third-order valence-electron chi connectivity index (χ3n) is 1.83. The van der Waals surface area contributed by atoms with Crippen molar-refractivity contribution in [1.29, 1.82) is 0 Å². The van der Waals surface area contributed by atoms with Crippen LogP contribution in [0.1, 0.15) is 5.56 Å². The number of rotatable bonds is 4. The maximum atomic E-state index is 12.1. The van der Waals surface area contributed by atoms with Gasteiger partial charge in [-0.1, -0.05) is 0 Å². The summed E-state index contributed by atoms with van der Waals surface area (Å²) < 4.78 is 36.3. The van der Waals surface area contributed by atoms with Crippen molar-refractivity contribution in [2.75, 3.05) is 25.5 Å². The van der Waals surface area contributed by atoms with E-state index in [2.05, 4.69) is 15.3 Å². The van der Waals surface area contributed by atoms with Gasteiger partial charge in [-0.15, -0.1) is 0 Å². The van der Waals surface area contributed by atoms with Crippen LogP contribution in [-0.2, 0) is 6.54 Å². The smallest absolute Gasteiger partial charge is 0.335 e. The Morgan fingerprint density at radius 1 is 1.31 bits per heavy atom. The molecular formula is C9H13F3N4. The second-order valence-electron chi connectivity index (χ2n) is 3.39. The molecule has 0 aliphatic carbocycles. The van der Waals surface area contributed by atoms with E-state index in [9.17, 15) is 13.2 Å². The molecule has 0 atom stereocenters. The quantitative estimate of drug-likeness (QED) is 0.849. The van der Waals surface area contributed by atoms with Crippen LogP contribution in [0.25, 0.3) is 0 Å². The Morgan fingerprint density at radius 2 is 1.88 bits per heavy atom. The summed E-state index contributed by atoms with van der Waals surface area (Å²) in [6.07, 6.45) is -1.24. The molecule has 1 heterocycles. The molecule has 1 aromatic heterocycles. The Hall–Kier alpha value is -1.37. The molecule has 0 aliphatic rings. The van der Waals surface area contributed by atoms with Gasteiger partial charge >= 0.3 is 6.18 Å². The molecule has 4 nitrogen and oxygen atoms in total. The van der Waals surface area contributed by atoms with Gasteiger partial charge in [0.05, 0.1) is 0 Å². The summed E-state index contributed by atoms with van der Waals surface area (Å²) in [6.45, 7) is -0.471. The predicted molar refractivity (Wildman–Crippen MR) is 54.1 cm³/mol. The lowest BCUT2D eigenvalue weighted by Gasteiger charge is -2.18. The minimum Gasteiger partial charge on any atom is -0.335 e. The summed E-state index contributed by atoms with van der Waals surface area (Å²) in [4.78, 5) is 8.67. The van der Waals surface area contributed by atoms with Crippen LogP contribution in [0, 0.1) is 0 Å². The van der Waals surface area contributed by atoms with E-state index in [0.717, 1.165) is 10.5 Å².